The summed E-state index contributed by atoms with van der Waals surface area (Å²) in [7, 11) is 0. The Hall–Kier alpha value is -0.280. The van der Waals surface area contributed by atoms with E-state index < -0.39 is 0 Å². The summed E-state index contributed by atoms with van der Waals surface area (Å²) in [5, 5.41) is 0. The Balaban J connectivity index is 3.21. The predicted octanol–water partition coefficient (Wildman–Crippen LogP) is 4.46. The number of carbonyl (C=O) groups excluding carboxylic acids is 1. The minimum absolute atomic E-state index is 0.121. The van der Waals surface area contributed by atoms with Crippen molar-refractivity contribution < 1.29 is 4.79 Å². The van der Waals surface area contributed by atoms with Crippen LogP contribution in [0.15, 0.2) is 21.5 Å². The molecule has 15 heavy (non-hydrogen) atoms. The maximum Gasteiger partial charge on any atom is 0.151 e. The van der Waals surface area contributed by atoms with Gasteiger partial charge in [-0.2, -0.15) is 0 Å². The molecule has 0 bridgehead atoms. The molecule has 0 saturated heterocycles. The second kappa shape index (κ2) is 4.71. The van der Waals surface area contributed by atoms with E-state index in [9.17, 15) is 4.79 Å². The smallest absolute Gasteiger partial charge is 0.151 e. The normalized spacial score (nSPS) is 11.5. The molecule has 0 N–H and O–H groups in total. The molecule has 1 aromatic rings. The van der Waals surface area contributed by atoms with Gasteiger partial charge in [-0.15, -0.1) is 11.8 Å². The van der Waals surface area contributed by atoms with E-state index in [1.54, 1.807) is 11.8 Å². The zero-order valence-corrected chi connectivity index (χ0v) is 11.8. The van der Waals surface area contributed by atoms with E-state index in [-0.39, 0.29) is 4.75 Å². The van der Waals surface area contributed by atoms with Crippen molar-refractivity contribution in [1.29, 1.82) is 0 Å². The third-order valence-corrected chi connectivity index (χ3v) is 3.64. The second-order valence-electron chi connectivity index (χ2n) is 4.47. The highest BCUT2D eigenvalue weighted by molar-refractivity contribution is 9.10. The minimum atomic E-state index is 0.121. The Labute approximate surface area is 104 Å². The quantitative estimate of drug-likeness (QED) is 0.590. The van der Waals surface area contributed by atoms with Crippen molar-refractivity contribution >= 4 is 34.0 Å². The van der Waals surface area contributed by atoms with Crippen LogP contribution in [-0.2, 0) is 0 Å². The minimum Gasteiger partial charge on any atom is -0.298 e. The molecule has 0 unspecified atom stereocenters. The van der Waals surface area contributed by atoms with Gasteiger partial charge >= 0.3 is 0 Å². The summed E-state index contributed by atoms with van der Waals surface area (Å²) in [5.41, 5.74) is 1.91. The molecule has 1 nitrogen and oxygen atoms in total. The molecule has 0 saturated carbocycles. The highest BCUT2D eigenvalue weighted by Crippen LogP contribution is 2.37. The molecule has 1 rings (SSSR count). The van der Waals surface area contributed by atoms with Crippen LogP contribution in [0.3, 0.4) is 0 Å². The summed E-state index contributed by atoms with van der Waals surface area (Å²) in [6, 6.07) is 3.91. The van der Waals surface area contributed by atoms with E-state index in [1.807, 2.05) is 19.1 Å². The van der Waals surface area contributed by atoms with Crippen molar-refractivity contribution in [3.05, 3.63) is 27.7 Å². The van der Waals surface area contributed by atoms with E-state index in [0.29, 0.717) is 0 Å². The number of carbonyl (C=O) groups is 1. The summed E-state index contributed by atoms with van der Waals surface area (Å²) in [4.78, 5) is 12.1. The van der Waals surface area contributed by atoms with Crippen molar-refractivity contribution in [2.45, 2.75) is 37.3 Å². The number of benzene rings is 1. The third kappa shape index (κ3) is 3.65. The summed E-state index contributed by atoms with van der Waals surface area (Å²) in [5.74, 6) is 0. The van der Waals surface area contributed by atoms with Crippen LogP contribution in [0.25, 0.3) is 0 Å². The van der Waals surface area contributed by atoms with Crippen molar-refractivity contribution in [1.82, 2.24) is 0 Å². The van der Waals surface area contributed by atoms with Crippen LogP contribution in [0.5, 0.6) is 0 Å². The first-order valence-corrected chi connectivity index (χ1v) is 6.39. The van der Waals surface area contributed by atoms with Gasteiger partial charge < -0.3 is 0 Å². The number of aryl methyl sites for hydroxylation is 1. The molecule has 0 fully saturated rings. The van der Waals surface area contributed by atoms with Crippen molar-refractivity contribution in [3.8, 4) is 0 Å². The second-order valence-corrected chi connectivity index (χ2v) is 7.23. The Bertz CT molecular complexity index is 380. The molecule has 82 valence electrons. The summed E-state index contributed by atoms with van der Waals surface area (Å²) >= 11 is 5.13. The zero-order chi connectivity index (χ0) is 11.6. The summed E-state index contributed by atoms with van der Waals surface area (Å²) in [6.45, 7) is 8.47. The lowest BCUT2D eigenvalue weighted by Crippen LogP contribution is -2.08. The lowest BCUT2D eigenvalue weighted by atomic mass is 10.1. The molecule has 0 atom stereocenters. The third-order valence-electron chi connectivity index (χ3n) is 1.80. The lowest BCUT2D eigenvalue weighted by Gasteiger charge is -2.20. The standard InChI is InChI=1S/C12H15BrOS/c1-8-5-10(13)6-9(7-14)11(8)15-12(2,3)4/h5-7H,1-4H3. The largest absolute Gasteiger partial charge is 0.298 e. The molecular weight excluding hydrogens is 272 g/mol. The van der Waals surface area contributed by atoms with E-state index in [2.05, 4.69) is 36.7 Å². The molecule has 0 aliphatic rings. The maximum atomic E-state index is 11.0. The molecule has 0 aliphatic heterocycles. The molecule has 3 heteroatoms. The van der Waals surface area contributed by atoms with E-state index in [4.69, 9.17) is 0 Å². The van der Waals surface area contributed by atoms with Gasteiger partial charge in [0.05, 0.1) is 0 Å². The summed E-state index contributed by atoms with van der Waals surface area (Å²) < 4.78 is 1.08. The van der Waals surface area contributed by atoms with Gasteiger partial charge in [0.15, 0.2) is 6.29 Å². The Kier molecular flexibility index (Phi) is 4.01. The molecule has 0 aromatic heterocycles. The van der Waals surface area contributed by atoms with Gasteiger partial charge in [0.1, 0.15) is 0 Å². The molecule has 1 aromatic carbocycles. The topological polar surface area (TPSA) is 17.1 Å². The number of hydrogen-bond acceptors (Lipinski definition) is 2. The van der Waals surface area contributed by atoms with Crippen LogP contribution in [0.4, 0.5) is 0 Å². The first-order chi connectivity index (χ1) is 6.83. The van der Waals surface area contributed by atoms with Crippen LogP contribution >= 0.6 is 27.7 Å². The molecule has 0 radical (unpaired) electrons. The monoisotopic (exact) mass is 286 g/mol. The first-order valence-electron chi connectivity index (χ1n) is 4.78. The average molecular weight is 287 g/mol. The van der Waals surface area contributed by atoms with Crippen LogP contribution in [0, 0.1) is 6.92 Å². The molecular formula is C12H15BrOS. The molecule has 0 aliphatic carbocycles. The number of thioether (sulfide) groups is 1. The van der Waals surface area contributed by atoms with Gasteiger partial charge in [-0.25, -0.2) is 0 Å². The number of halogens is 1. The number of aldehydes is 1. The van der Waals surface area contributed by atoms with Crippen molar-refractivity contribution in [2.75, 3.05) is 0 Å². The SMILES string of the molecule is Cc1cc(Br)cc(C=O)c1SC(C)(C)C. The number of hydrogen-bond donors (Lipinski definition) is 0. The van der Waals surface area contributed by atoms with Crippen LogP contribution < -0.4 is 0 Å². The van der Waals surface area contributed by atoms with E-state index in [0.717, 1.165) is 26.8 Å². The Morgan fingerprint density at radius 3 is 2.40 bits per heavy atom. The van der Waals surface area contributed by atoms with Gasteiger partial charge in [-0.3, -0.25) is 4.79 Å². The van der Waals surface area contributed by atoms with Gasteiger partial charge in [-0.05, 0) is 24.6 Å². The van der Waals surface area contributed by atoms with Crippen LogP contribution in [-0.4, -0.2) is 11.0 Å². The predicted molar refractivity (Wildman–Crippen MR) is 69.9 cm³/mol. The Morgan fingerprint density at radius 2 is 1.93 bits per heavy atom. The fraction of sp³-hybridized carbons (Fsp3) is 0.417. The highest BCUT2D eigenvalue weighted by Gasteiger charge is 2.16. The fourth-order valence-electron chi connectivity index (χ4n) is 1.29. The fourth-order valence-corrected chi connectivity index (χ4v) is 2.94. The van der Waals surface area contributed by atoms with Gasteiger partial charge in [0.2, 0.25) is 0 Å². The molecule has 0 amide bonds. The van der Waals surface area contributed by atoms with E-state index in [1.165, 1.54) is 0 Å². The number of rotatable bonds is 2. The first kappa shape index (κ1) is 12.8. The van der Waals surface area contributed by atoms with Crippen molar-refractivity contribution in [2.24, 2.45) is 0 Å². The zero-order valence-electron chi connectivity index (χ0n) is 9.43. The van der Waals surface area contributed by atoms with Crippen LogP contribution in [0.2, 0.25) is 0 Å². The molecule has 0 heterocycles. The molecule has 0 spiro atoms. The van der Waals surface area contributed by atoms with Crippen LogP contribution in [0.1, 0.15) is 36.7 Å². The van der Waals surface area contributed by atoms with Gasteiger partial charge in [-0.1, -0.05) is 36.7 Å². The van der Waals surface area contributed by atoms with Crippen molar-refractivity contribution in [3.63, 3.8) is 0 Å². The average Bonchev–Trinajstić information content (AvgIpc) is 2.07. The van der Waals surface area contributed by atoms with E-state index >= 15 is 0 Å². The highest BCUT2D eigenvalue weighted by atomic mass is 79.9. The Morgan fingerprint density at radius 1 is 1.33 bits per heavy atom. The lowest BCUT2D eigenvalue weighted by molar-refractivity contribution is 0.112. The maximum absolute atomic E-state index is 11.0. The summed E-state index contributed by atoms with van der Waals surface area (Å²) in [6.07, 6.45) is 0.922. The van der Waals surface area contributed by atoms with Gasteiger partial charge in [0.25, 0.3) is 0 Å². The van der Waals surface area contributed by atoms with Gasteiger partial charge in [0, 0.05) is 19.7 Å².